The van der Waals surface area contributed by atoms with Crippen LogP contribution in [0.15, 0.2) is 18.2 Å². The van der Waals surface area contributed by atoms with Gasteiger partial charge in [0.2, 0.25) is 0 Å². The minimum Gasteiger partial charge on any atom is -0.507 e. The van der Waals surface area contributed by atoms with E-state index < -0.39 is 17.9 Å². The molecule has 0 unspecified atom stereocenters. The van der Waals surface area contributed by atoms with Crippen LogP contribution in [0, 0.1) is 12.8 Å². The fraction of sp³-hybridized carbons (Fsp3) is 0.429. The van der Waals surface area contributed by atoms with Crippen molar-refractivity contribution in [3.63, 3.8) is 0 Å². The number of aromatic hydroxyl groups is 1. The number of rotatable bonds is 5. The Kier molecular flexibility index (Phi) is 4.92. The van der Waals surface area contributed by atoms with E-state index in [9.17, 15) is 14.7 Å². The third kappa shape index (κ3) is 4.28. The zero-order valence-corrected chi connectivity index (χ0v) is 11.3. The Hall–Kier alpha value is -2.04. The van der Waals surface area contributed by atoms with E-state index in [0.29, 0.717) is 6.42 Å². The summed E-state index contributed by atoms with van der Waals surface area (Å²) in [6.07, 6.45) is 0.341. The first kappa shape index (κ1) is 15.0. The molecule has 5 nitrogen and oxygen atoms in total. The molecule has 0 heterocycles. The number of carboxylic acids is 1. The Morgan fingerprint density at radius 2 is 1.95 bits per heavy atom. The molecule has 0 saturated heterocycles. The van der Waals surface area contributed by atoms with Gasteiger partial charge in [-0.2, -0.15) is 0 Å². The first-order chi connectivity index (χ1) is 8.81. The van der Waals surface area contributed by atoms with Gasteiger partial charge in [0.1, 0.15) is 11.8 Å². The predicted molar refractivity (Wildman–Crippen MR) is 71.2 cm³/mol. The highest BCUT2D eigenvalue weighted by molar-refractivity contribution is 5.98. The number of benzene rings is 1. The second kappa shape index (κ2) is 6.22. The zero-order valence-electron chi connectivity index (χ0n) is 11.3. The molecule has 19 heavy (non-hydrogen) atoms. The normalized spacial score (nSPS) is 12.2. The molecule has 0 bridgehead atoms. The number of hydrogen-bond acceptors (Lipinski definition) is 3. The molecular formula is C14H19NO4. The molecule has 0 saturated carbocycles. The van der Waals surface area contributed by atoms with Gasteiger partial charge in [-0.1, -0.05) is 25.5 Å². The van der Waals surface area contributed by atoms with E-state index in [-0.39, 0.29) is 17.2 Å². The summed E-state index contributed by atoms with van der Waals surface area (Å²) in [5.74, 6) is -1.66. The minimum absolute atomic E-state index is 0.0926. The number of aryl methyl sites for hydroxylation is 1. The fourth-order valence-corrected chi connectivity index (χ4v) is 1.76. The fourth-order valence-electron chi connectivity index (χ4n) is 1.76. The summed E-state index contributed by atoms with van der Waals surface area (Å²) < 4.78 is 0. The van der Waals surface area contributed by atoms with Crippen molar-refractivity contribution in [2.45, 2.75) is 33.2 Å². The molecular weight excluding hydrogens is 246 g/mol. The van der Waals surface area contributed by atoms with Gasteiger partial charge in [0.05, 0.1) is 5.56 Å². The van der Waals surface area contributed by atoms with E-state index >= 15 is 0 Å². The standard InChI is InChI=1S/C14H19NO4/c1-8(2)6-11(14(18)19)15-13(17)10-7-9(3)4-5-12(10)16/h4-5,7-8,11,16H,6H2,1-3H3,(H,15,17)(H,18,19)/t11-/m0/s1. The number of hydrogen-bond donors (Lipinski definition) is 3. The van der Waals surface area contributed by atoms with Gasteiger partial charge in [0.25, 0.3) is 5.91 Å². The van der Waals surface area contributed by atoms with Gasteiger partial charge in [-0.05, 0) is 31.4 Å². The zero-order chi connectivity index (χ0) is 14.6. The topological polar surface area (TPSA) is 86.6 Å². The maximum Gasteiger partial charge on any atom is 0.326 e. The molecule has 3 N–H and O–H groups in total. The van der Waals surface area contributed by atoms with Gasteiger partial charge >= 0.3 is 5.97 Å². The molecule has 104 valence electrons. The molecule has 0 aliphatic heterocycles. The van der Waals surface area contributed by atoms with Crippen molar-refractivity contribution in [1.82, 2.24) is 5.32 Å². The first-order valence-electron chi connectivity index (χ1n) is 6.14. The highest BCUT2D eigenvalue weighted by atomic mass is 16.4. The van der Waals surface area contributed by atoms with Crippen LogP contribution in [0.5, 0.6) is 5.75 Å². The van der Waals surface area contributed by atoms with Crippen LogP contribution in [0.1, 0.15) is 36.2 Å². The van der Waals surface area contributed by atoms with Gasteiger partial charge in [-0.3, -0.25) is 4.79 Å². The van der Waals surface area contributed by atoms with Crippen molar-refractivity contribution in [1.29, 1.82) is 0 Å². The number of phenols is 1. The maximum atomic E-state index is 12.0. The van der Waals surface area contributed by atoms with Crippen LogP contribution in [0.4, 0.5) is 0 Å². The summed E-state index contributed by atoms with van der Waals surface area (Å²) in [5.41, 5.74) is 0.911. The Morgan fingerprint density at radius 1 is 1.32 bits per heavy atom. The highest BCUT2D eigenvalue weighted by Crippen LogP contribution is 2.18. The molecule has 0 aromatic heterocycles. The average Bonchev–Trinajstić information content (AvgIpc) is 2.30. The molecule has 1 aromatic carbocycles. The van der Waals surface area contributed by atoms with Crippen molar-refractivity contribution in [3.8, 4) is 5.75 Å². The highest BCUT2D eigenvalue weighted by Gasteiger charge is 2.22. The average molecular weight is 265 g/mol. The lowest BCUT2D eigenvalue weighted by Gasteiger charge is -2.17. The van der Waals surface area contributed by atoms with Crippen molar-refractivity contribution in [3.05, 3.63) is 29.3 Å². The smallest absolute Gasteiger partial charge is 0.326 e. The monoisotopic (exact) mass is 265 g/mol. The Morgan fingerprint density at radius 3 is 2.47 bits per heavy atom. The van der Waals surface area contributed by atoms with E-state index in [4.69, 9.17) is 5.11 Å². The second-order valence-corrected chi connectivity index (χ2v) is 5.01. The molecule has 0 aliphatic carbocycles. The molecule has 1 atom stereocenters. The molecule has 0 radical (unpaired) electrons. The lowest BCUT2D eigenvalue weighted by atomic mass is 10.0. The summed E-state index contributed by atoms with van der Waals surface area (Å²) in [7, 11) is 0. The Balaban J connectivity index is 2.87. The van der Waals surface area contributed by atoms with Crippen LogP contribution in [0.3, 0.4) is 0 Å². The van der Waals surface area contributed by atoms with Crippen LogP contribution in [0.2, 0.25) is 0 Å². The van der Waals surface area contributed by atoms with E-state index in [1.54, 1.807) is 13.0 Å². The van der Waals surface area contributed by atoms with Crippen molar-refractivity contribution in [2.75, 3.05) is 0 Å². The van der Waals surface area contributed by atoms with Crippen LogP contribution in [-0.4, -0.2) is 28.1 Å². The third-order valence-electron chi connectivity index (χ3n) is 2.71. The third-order valence-corrected chi connectivity index (χ3v) is 2.71. The van der Waals surface area contributed by atoms with Crippen molar-refractivity contribution < 1.29 is 19.8 Å². The molecule has 5 heteroatoms. The molecule has 0 fully saturated rings. The Bertz CT molecular complexity index is 482. The molecule has 0 aliphatic rings. The quantitative estimate of drug-likeness (QED) is 0.759. The summed E-state index contributed by atoms with van der Waals surface area (Å²) in [6.45, 7) is 5.55. The maximum absolute atomic E-state index is 12.0. The van der Waals surface area contributed by atoms with Crippen molar-refractivity contribution in [2.24, 2.45) is 5.92 Å². The molecule has 1 rings (SSSR count). The first-order valence-corrected chi connectivity index (χ1v) is 6.14. The SMILES string of the molecule is Cc1ccc(O)c(C(=O)N[C@@H](CC(C)C)C(=O)O)c1. The van der Waals surface area contributed by atoms with E-state index in [0.717, 1.165) is 5.56 Å². The number of carbonyl (C=O) groups is 2. The number of amides is 1. The minimum atomic E-state index is -1.07. The van der Waals surface area contributed by atoms with Gasteiger partial charge in [-0.25, -0.2) is 4.79 Å². The number of phenolic OH excluding ortho intramolecular Hbond substituents is 1. The number of carbonyl (C=O) groups excluding carboxylic acids is 1. The largest absolute Gasteiger partial charge is 0.507 e. The number of carboxylic acid groups (broad SMARTS) is 1. The van der Waals surface area contributed by atoms with Gasteiger partial charge in [0, 0.05) is 0 Å². The van der Waals surface area contributed by atoms with Crippen LogP contribution in [0.25, 0.3) is 0 Å². The summed E-state index contributed by atoms with van der Waals surface area (Å²) >= 11 is 0. The molecule has 1 amide bonds. The van der Waals surface area contributed by atoms with Crippen LogP contribution in [-0.2, 0) is 4.79 Å². The van der Waals surface area contributed by atoms with Crippen molar-refractivity contribution >= 4 is 11.9 Å². The Labute approximate surface area is 112 Å². The molecule has 0 spiro atoms. The lowest BCUT2D eigenvalue weighted by molar-refractivity contribution is -0.139. The van der Waals surface area contributed by atoms with E-state index in [2.05, 4.69) is 5.32 Å². The summed E-state index contributed by atoms with van der Waals surface area (Å²) in [5, 5.41) is 21.1. The lowest BCUT2D eigenvalue weighted by Crippen LogP contribution is -2.41. The van der Waals surface area contributed by atoms with Gasteiger partial charge in [0.15, 0.2) is 0 Å². The summed E-state index contributed by atoms with van der Waals surface area (Å²) in [4.78, 5) is 23.1. The van der Waals surface area contributed by atoms with Gasteiger partial charge < -0.3 is 15.5 Å². The van der Waals surface area contributed by atoms with Gasteiger partial charge in [-0.15, -0.1) is 0 Å². The number of aliphatic carboxylic acids is 1. The predicted octanol–water partition coefficient (Wildman–Crippen LogP) is 1.93. The van der Waals surface area contributed by atoms with E-state index in [1.807, 2.05) is 13.8 Å². The molecule has 1 aromatic rings. The second-order valence-electron chi connectivity index (χ2n) is 5.01. The van der Waals surface area contributed by atoms with E-state index in [1.165, 1.54) is 12.1 Å². The number of nitrogens with one attached hydrogen (secondary N) is 1. The van der Waals surface area contributed by atoms with Crippen LogP contribution < -0.4 is 5.32 Å². The van der Waals surface area contributed by atoms with Crippen LogP contribution >= 0.6 is 0 Å². The summed E-state index contributed by atoms with van der Waals surface area (Å²) in [6, 6.07) is 3.67.